The predicted molar refractivity (Wildman–Crippen MR) is 96.0 cm³/mol. The van der Waals surface area contributed by atoms with Gasteiger partial charge < -0.3 is 20.5 Å². The Balaban J connectivity index is 0.00000208. The summed E-state index contributed by atoms with van der Waals surface area (Å²) in [5.41, 5.74) is 7.10. The van der Waals surface area contributed by atoms with Crippen molar-refractivity contribution in [3.8, 4) is 11.5 Å². The molecule has 5 nitrogen and oxygen atoms in total. The van der Waals surface area contributed by atoms with Gasteiger partial charge in [0, 0.05) is 18.0 Å². The van der Waals surface area contributed by atoms with E-state index in [-0.39, 0.29) is 35.7 Å². The average Bonchev–Trinajstić information content (AvgIpc) is 3.40. The van der Waals surface area contributed by atoms with Gasteiger partial charge in [0.2, 0.25) is 5.91 Å². The Labute approximate surface area is 149 Å². The highest BCUT2D eigenvalue weighted by Crippen LogP contribution is 2.49. The Morgan fingerprint density at radius 1 is 1.25 bits per heavy atom. The Kier molecular flexibility index (Phi) is 5.99. The molecule has 0 aromatic heterocycles. The summed E-state index contributed by atoms with van der Waals surface area (Å²) in [6, 6.07) is 5.99. The molecule has 3 rings (SSSR count). The Bertz CT molecular complexity index is 590. The van der Waals surface area contributed by atoms with Crippen LogP contribution in [0.5, 0.6) is 11.5 Å². The third-order valence-corrected chi connectivity index (χ3v) is 5.14. The molecule has 0 radical (unpaired) electrons. The molecule has 24 heavy (non-hydrogen) atoms. The summed E-state index contributed by atoms with van der Waals surface area (Å²) in [6.07, 6.45) is 2.61. The van der Waals surface area contributed by atoms with Crippen molar-refractivity contribution in [3.05, 3.63) is 23.8 Å². The van der Waals surface area contributed by atoms with Crippen LogP contribution in [0.15, 0.2) is 18.2 Å². The van der Waals surface area contributed by atoms with Crippen LogP contribution >= 0.6 is 12.4 Å². The van der Waals surface area contributed by atoms with E-state index in [0.717, 1.165) is 36.3 Å². The van der Waals surface area contributed by atoms with E-state index >= 15 is 0 Å². The highest BCUT2D eigenvalue weighted by Gasteiger charge is 2.44. The molecule has 2 atom stereocenters. The Hall–Kier alpha value is -1.46. The van der Waals surface area contributed by atoms with Crippen LogP contribution < -0.4 is 20.5 Å². The first kappa shape index (κ1) is 18.9. The lowest BCUT2D eigenvalue weighted by molar-refractivity contribution is -0.122. The number of rotatable bonds is 6. The van der Waals surface area contributed by atoms with Gasteiger partial charge in [-0.05, 0) is 42.9 Å². The van der Waals surface area contributed by atoms with Crippen LogP contribution in [0.2, 0.25) is 0 Å². The summed E-state index contributed by atoms with van der Waals surface area (Å²) < 4.78 is 11.2. The van der Waals surface area contributed by atoms with E-state index < -0.39 is 0 Å². The van der Waals surface area contributed by atoms with Gasteiger partial charge in [0.05, 0.1) is 0 Å². The molecule has 0 bridgehead atoms. The molecule has 2 aliphatic rings. The van der Waals surface area contributed by atoms with Gasteiger partial charge >= 0.3 is 0 Å². The molecule has 1 aliphatic heterocycles. The van der Waals surface area contributed by atoms with Crippen LogP contribution in [-0.2, 0) is 4.79 Å². The zero-order chi connectivity index (χ0) is 16.4. The molecule has 1 heterocycles. The molecule has 0 spiro atoms. The first-order chi connectivity index (χ1) is 11.1. The van der Waals surface area contributed by atoms with Crippen molar-refractivity contribution in [1.29, 1.82) is 0 Å². The number of halogens is 1. The quantitative estimate of drug-likeness (QED) is 0.823. The molecular weight excluding hydrogens is 328 g/mol. The first-order valence-corrected chi connectivity index (χ1v) is 8.52. The third-order valence-electron chi connectivity index (χ3n) is 5.14. The van der Waals surface area contributed by atoms with Gasteiger partial charge in [0.25, 0.3) is 0 Å². The molecule has 1 aromatic carbocycles. The molecule has 3 N–H and O–H groups in total. The minimum atomic E-state index is -0.295. The number of benzene rings is 1. The molecule has 0 saturated heterocycles. The monoisotopic (exact) mass is 354 g/mol. The van der Waals surface area contributed by atoms with Crippen LogP contribution in [0.3, 0.4) is 0 Å². The Morgan fingerprint density at radius 2 is 1.92 bits per heavy atom. The molecule has 134 valence electrons. The first-order valence-electron chi connectivity index (χ1n) is 8.52. The molecule has 6 heteroatoms. The van der Waals surface area contributed by atoms with Crippen molar-refractivity contribution in [2.24, 2.45) is 11.7 Å². The lowest BCUT2D eigenvalue weighted by Crippen LogP contribution is -2.49. The SMILES string of the molecule is CCC(N)(CC)CNC(=O)C1CC1c1ccc2c(c1)OCCO2.Cl. The minimum absolute atomic E-state index is 0. The summed E-state index contributed by atoms with van der Waals surface area (Å²) in [7, 11) is 0. The second-order valence-corrected chi connectivity index (χ2v) is 6.64. The Morgan fingerprint density at radius 3 is 2.58 bits per heavy atom. The number of nitrogens with two attached hydrogens (primary N) is 1. The highest BCUT2D eigenvalue weighted by atomic mass is 35.5. The van der Waals surface area contributed by atoms with Gasteiger partial charge in [-0.1, -0.05) is 19.9 Å². The smallest absolute Gasteiger partial charge is 0.223 e. The number of amides is 1. The fourth-order valence-electron chi connectivity index (χ4n) is 3.04. The van der Waals surface area contributed by atoms with Gasteiger partial charge in [-0.15, -0.1) is 12.4 Å². The summed E-state index contributed by atoms with van der Waals surface area (Å²) in [5, 5.41) is 3.03. The maximum absolute atomic E-state index is 12.3. The van der Waals surface area contributed by atoms with Crippen molar-refractivity contribution in [2.45, 2.75) is 44.6 Å². The van der Waals surface area contributed by atoms with Gasteiger partial charge in [0.15, 0.2) is 11.5 Å². The van der Waals surface area contributed by atoms with E-state index in [9.17, 15) is 4.79 Å². The third kappa shape index (κ3) is 3.95. The van der Waals surface area contributed by atoms with E-state index in [0.29, 0.717) is 19.8 Å². The minimum Gasteiger partial charge on any atom is -0.486 e. The van der Waals surface area contributed by atoms with E-state index in [1.807, 2.05) is 18.2 Å². The van der Waals surface area contributed by atoms with Crippen LogP contribution in [-0.4, -0.2) is 31.2 Å². The summed E-state index contributed by atoms with van der Waals surface area (Å²) in [5.74, 6) is 2.02. The number of nitrogens with one attached hydrogen (secondary N) is 1. The molecular formula is C18H27ClN2O3. The van der Waals surface area contributed by atoms with Crippen molar-refractivity contribution >= 4 is 18.3 Å². The highest BCUT2D eigenvalue weighted by molar-refractivity contribution is 5.85. The topological polar surface area (TPSA) is 73.6 Å². The molecule has 1 saturated carbocycles. The second-order valence-electron chi connectivity index (χ2n) is 6.64. The summed E-state index contributed by atoms with van der Waals surface area (Å²) >= 11 is 0. The normalized spacial score (nSPS) is 21.6. The number of fused-ring (bicyclic) bond motifs is 1. The van der Waals surface area contributed by atoms with Gasteiger partial charge in [-0.2, -0.15) is 0 Å². The predicted octanol–water partition coefficient (Wildman–Crippen LogP) is 2.62. The fourth-order valence-corrected chi connectivity index (χ4v) is 3.04. The number of hydrogen-bond acceptors (Lipinski definition) is 4. The number of carbonyl (C=O) groups excluding carboxylic acids is 1. The van der Waals surface area contributed by atoms with E-state index in [4.69, 9.17) is 15.2 Å². The number of ether oxygens (including phenoxy) is 2. The van der Waals surface area contributed by atoms with Gasteiger partial charge in [-0.25, -0.2) is 0 Å². The van der Waals surface area contributed by atoms with Crippen molar-refractivity contribution < 1.29 is 14.3 Å². The summed E-state index contributed by atoms with van der Waals surface area (Å²) in [6.45, 7) is 5.84. The van der Waals surface area contributed by atoms with Crippen LogP contribution in [0, 0.1) is 5.92 Å². The molecule has 1 aliphatic carbocycles. The van der Waals surface area contributed by atoms with Gasteiger partial charge in [-0.3, -0.25) is 4.79 Å². The average molecular weight is 355 g/mol. The van der Waals surface area contributed by atoms with Crippen LogP contribution in [0.4, 0.5) is 0 Å². The summed E-state index contributed by atoms with van der Waals surface area (Å²) in [4.78, 5) is 12.3. The zero-order valence-electron chi connectivity index (χ0n) is 14.3. The molecule has 2 unspecified atom stereocenters. The fraction of sp³-hybridized carbons (Fsp3) is 0.611. The van der Waals surface area contributed by atoms with Crippen LogP contribution in [0.25, 0.3) is 0 Å². The lowest BCUT2D eigenvalue weighted by Gasteiger charge is -2.26. The molecule has 1 fully saturated rings. The second kappa shape index (κ2) is 7.62. The van der Waals surface area contributed by atoms with E-state index in [1.165, 1.54) is 0 Å². The zero-order valence-corrected chi connectivity index (χ0v) is 15.2. The largest absolute Gasteiger partial charge is 0.486 e. The maximum atomic E-state index is 12.3. The molecule has 1 aromatic rings. The van der Waals surface area contributed by atoms with E-state index in [2.05, 4.69) is 19.2 Å². The lowest BCUT2D eigenvalue weighted by atomic mass is 9.94. The van der Waals surface area contributed by atoms with E-state index in [1.54, 1.807) is 0 Å². The standard InChI is InChI=1S/C18H26N2O3.ClH/c1-3-18(19,4-2)11-20-17(21)14-10-13(14)12-5-6-15-16(9-12)23-8-7-22-15;/h5-6,9,13-14H,3-4,7-8,10-11,19H2,1-2H3,(H,20,21);1H. The number of carbonyl (C=O) groups is 1. The van der Waals surface area contributed by atoms with Gasteiger partial charge in [0.1, 0.15) is 13.2 Å². The molecule has 1 amide bonds. The number of hydrogen-bond donors (Lipinski definition) is 2. The maximum Gasteiger partial charge on any atom is 0.223 e. The van der Waals surface area contributed by atoms with Crippen molar-refractivity contribution in [1.82, 2.24) is 5.32 Å². The van der Waals surface area contributed by atoms with Crippen molar-refractivity contribution in [2.75, 3.05) is 19.8 Å². The van der Waals surface area contributed by atoms with Crippen LogP contribution in [0.1, 0.15) is 44.6 Å². The van der Waals surface area contributed by atoms with Crippen molar-refractivity contribution in [3.63, 3.8) is 0 Å².